The molecule has 0 aliphatic heterocycles. The van der Waals surface area contributed by atoms with Crippen LogP contribution in [0.5, 0.6) is 0 Å². The van der Waals surface area contributed by atoms with E-state index >= 15 is 0 Å². The third-order valence-corrected chi connectivity index (χ3v) is 5.29. The topological polar surface area (TPSA) is 44.4 Å². The third kappa shape index (κ3) is 3.61. The summed E-state index contributed by atoms with van der Waals surface area (Å²) in [5.41, 5.74) is -0.243. The summed E-state index contributed by atoms with van der Waals surface area (Å²) in [7, 11) is -1.25. The molecular weight excluding hydrogens is 364 g/mol. The Hall–Kier alpha value is -0.993. The van der Waals surface area contributed by atoms with Crippen molar-refractivity contribution in [1.29, 1.82) is 0 Å². The zero-order chi connectivity index (χ0) is 15.8. The molecule has 0 unspecified atom stereocenters. The summed E-state index contributed by atoms with van der Waals surface area (Å²) in [4.78, 5) is 11.8. The van der Waals surface area contributed by atoms with Gasteiger partial charge in [0.05, 0.1) is 4.47 Å². The number of aromatic nitrogens is 1. The Morgan fingerprint density at radius 2 is 2.05 bits per heavy atom. The van der Waals surface area contributed by atoms with E-state index in [4.69, 9.17) is 9.15 Å². The zero-order valence-electron chi connectivity index (χ0n) is 12.0. The van der Waals surface area contributed by atoms with Gasteiger partial charge >= 0.3 is 5.76 Å². The highest BCUT2D eigenvalue weighted by molar-refractivity contribution is 9.10. The molecule has 1 aromatic carbocycles. The standard InChI is InChI=1S/C13H16BrF2NO3Si/c1-21(2,3)5-4-19-7-17-11-10(16)9(15)6-8(14)12(11)20-13(17)18/h6H,4-5,7H2,1-3H3. The van der Waals surface area contributed by atoms with E-state index in [0.717, 1.165) is 16.7 Å². The van der Waals surface area contributed by atoms with Gasteiger partial charge in [0.15, 0.2) is 17.2 Å². The highest BCUT2D eigenvalue weighted by atomic mass is 79.9. The van der Waals surface area contributed by atoms with Gasteiger partial charge in [-0.3, -0.25) is 0 Å². The normalized spacial score (nSPS) is 12.3. The Bertz CT molecular complexity index is 721. The van der Waals surface area contributed by atoms with Gasteiger partial charge in [-0.2, -0.15) is 0 Å². The van der Waals surface area contributed by atoms with Crippen LogP contribution < -0.4 is 5.76 Å². The molecule has 21 heavy (non-hydrogen) atoms. The highest BCUT2D eigenvalue weighted by Gasteiger charge is 2.20. The Kier molecular flexibility index (Phi) is 4.69. The van der Waals surface area contributed by atoms with Crippen molar-refractivity contribution in [3.05, 3.63) is 32.7 Å². The molecule has 1 aromatic heterocycles. The summed E-state index contributed by atoms with van der Waals surface area (Å²) >= 11 is 3.05. The Balaban J connectivity index is 2.28. The predicted octanol–water partition coefficient (Wildman–Crippen LogP) is 3.95. The monoisotopic (exact) mass is 379 g/mol. The van der Waals surface area contributed by atoms with Crippen molar-refractivity contribution in [3.63, 3.8) is 0 Å². The van der Waals surface area contributed by atoms with E-state index in [1.54, 1.807) is 0 Å². The molecule has 1 heterocycles. The Morgan fingerprint density at radius 1 is 1.38 bits per heavy atom. The largest absolute Gasteiger partial charge is 0.422 e. The first kappa shape index (κ1) is 16.4. The first-order valence-corrected chi connectivity index (χ1v) is 11.0. The van der Waals surface area contributed by atoms with Crippen molar-refractivity contribution >= 4 is 35.1 Å². The number of ether oxygens (including phenoxy) is 1. The van der Waals surface area contributed by atoms with Crippen molar-refractivity contribution in [3.8, 4) is 0 Å². The number of rotatable bonds is 5. The Labute approximate surface area is 129 Å². The molecule has 4 nitrogen and oxygen atoms in total. The minimum absolute atomic E-state index is 0.0207. The second kappa shape index (κ2) is 6.02. The van der Waals surface area contributed by atoms with Crippen LogP contribution in [0.4, 0.5) is 8.78 Å². The number of hydrogen-bond donors (Lipinski definition) is 0. The lowest BCUT2D eigenvalue weighted by Crippen LogP contribution is -2.23. The molecule has 0 saturated heterocycles. The van der Waals surface area contributed by atoms with Gasteiger partial charge in [-0.05, 0) is 28.0 Å². The predicted molar refractivity (Wildman–Crippen MR) is 82.2 cm³/mol. The summed E-state index contributed by atoms with van der Waals surface area (Å²) in [6.07, 6.45) is 0. The number of halogens is 3. The van der Waals surface area contributed by atoms with Crippen LogP contribution in [0.2, 0.25) is 25.7 Å². The van der Waals surface area contributed by atoms with Gasteiger partial charge in [-0.15, -0.1) is 0 Å². The van der Waals surface area contributed by atoms with Crippen molar-refractivity contribution in [2.24, 2.45) is 0 Å². The van der Waals surface area contributed by atoms with Crippen LogP contribution in [0.15, 0.2) is 19.8 Å². The van der Waals surface area contributed by atoms with Crippen LogP contribution in [0.1, 0.15) is 0 Å². The smallest absolute Gasteiger partial charge is 0.406 e. The average molecular weight is 380 g/mol. The van der Waals surface area contributed by atoms with Gasteiger partial charge in [-0.25, -0.2) is 18.1 Å². The van der Waals surface area contributed by atoms with Crippen LogP contribution in [0.25, 0.3) is 11.1 Å². The van der Waals surface area contributed by atoms with Gasteiger partial charge in [0, 0.05) is 14.7 Å². The minimum atomic E-state index is -1.25. The highest BCUT2D eigenvalue weighted by Crippen LogP contribution is 2.27. The fourth-order valence-electron chi connectivity index (χ4n) is 1.79. The second-order valence-corrected chi connectivity index (χ2v) is 12.5. The van der Waals surface area contributed by atoms with E-state index in [9.17, 15) is 13.6 Å². The average Bonchev–Trinajstić information content (AvgIpc) is 2.69. The molecule has 0 bridgehead atoms. The molecule has 2 rings (SSSR count). The lowest BCUT2D eigenvalue weighted by molar-refractivity contribution is 0.0846. The third-order valence-electron chi connectivity index (χ3n) is 3.00. The maximum Gasteiger partial charge on any atom is 0.422 e. The minimum Gasteiger partial charge on any atom is -0.406 e. The van der Waals surface area contributed by atoms with Crippen molar-refractivity contribution in [2.45, 2.75) is 32.4 Å². The maximum absolute atomic E-state index is 13.9. The molecule has 116 valence electrons. The second-order valence-electron chi connectivity index (χ2n) is 5.98. The summed E-state index contributed by atoms with van der Waals surface area (Å²) < 4.78 is 38.8. The maximum atomic E-state index is 13.9. The van der Waals surface area contributed by atoms with Crippen molar-refractivity contribution < 1.29 is 17.9 Å². The van der Waals surface area contributed by atoms with E-state index in [2.05, 4.69) is 35.6 Å². The van der Waals surface area contributed by atoms with Crippen LogP contribution >= 0.6 is 15.9 Å². The summed E-state index contributed by atoms with van der Waals surface area (Å²) in [5, 5.41) is 0. The van der Waals surface area contributed by atoms with Crippen LogP contribution in [-0.4, -0.2) is 19.2 Å². The van der Waals surface area contributed by atoms with E-state index in [-0.39, 0.29) is 22.3 Å². The van der Waals surface area contributed by atoms with Crippen LogP contribution in [0.3, 0.4) is 0 Å². The molecular formula is C13H16BrF2NO3Si. The van der Waals surface area contributed by atoms with E-state index in [0.29, 0.717) is 6.61 Å². The molecule has 8 heteroatoms. The lowest BCUT2D eigenvalue weighted by atomic mass is 10.3. The summed E-state index contributed by atoms with van der Waals surface area (Å²) in [6.45, 7) is 6.89. The van der Waals surface area contributed by atoms with Gasteiger partial charge < -0.3 is 9.15 Å². The van der Waals surface area contributed by atoms with Crippen molar-refractivity contribution in [2.75, 3.05) is 6.61 Å². The van der Waals surface area contributed by atoms with E-state index in [1.165, 1.54) is 0 Å². The van der Waals surface area contributed by atoms with E-state index < -0.39 is 25.5 Å². The molecule has 0 saturated carbocycles. The van der Waals surface area contributed by atoms with Crippen molar-refractivity contribution in [1.82, 2.24) is 4.57 Å². The van der Waals surface area contributed by atoms with E-state index in [1.807, 2.05) is 0 Å². The molecule has 0 amide bonds. The van der Waals surface area contributed by atoms with Crippen LogP contribution in [-0.2, 0) is 11.5 Å². The summed E-state index contributed by atoms with van der Waals surface area (Å²) in [6, 6.07) is 1.84. The van der Waals surface area contributed by atoms with Gasteiger partial charge in [-0.1, -0.05) is 19.6 Å². The molecule has 0 radical (unpaired) electrons. The summed E-state index contributed by atoms with van der Waals surface area (Å²) in [5.74, 6) is -2.94. The lowest BCUT2D eigenvalue weighted by Gasteiger charge is -2.15. The zero-order valence-corrected chi connectivity index (χ0v) is 14.6. The fraction of sp³-hybridized carbons (Fsp3) is 0.462. The first-order valence-electron chi connectivity index (χ1n) is 6.45. The van der Waals surface area contributed by atoms with Crippen LogP contribution in [0, 0.1) is 11.6 Å². The number of fused-ring (bicyclic) bond motifs is 1. The molecule has 0 spiro atoms. The quantitative estimate of drug-likeness (QED) is 0.448. The molecule has 0 N–H and O–H groups in total. The fourth-order valence-corrected chi connectivity index (χ4v) is 3.02. The van der Waals surface area contributed by atoms with Gasteiger partial charge in [0.25, 0.3) is 0 Å². The molecule has 2 aromatic rings. The Morgan fingerprint density at radius 3 is 2.67 bits per heavy atom. The number of benzene rings is 1. The molecule has 0 aliphatic carbocycles. The number of oxazole rings is 1. The SMILES string of the molecule is C[Si](C)(C)CCOCn1c(=O)oc2c(Br)cc(F)c(F)c21. The van der Waals surface area contributed by atoms with Gasteiger partial charge in [0.2, 0.25) is 0 Å². The van der Waals surface area contributed by atoms with Gasteiger partial charge in [0.1, 0.15) is 12.2 Å². The number of hydrogen-bond acceptors (Lipinski definition) is 3. The first-order chi connectivity index (χ1) is 9.70. The molecule has 0 atom stereocenters. The molecule has 0 fully saturated rings. The number of nitrogens with zero attached hydrogens (tertiary/aromatic N) is 1. The molecule has 0 aliphatic rings.